The predicted octanol–water partition coefficient (Wildman–Crippen LogP) is 6.59. The summed E-state index contributed by atoms with van der Waals surface area (Å²) in [5, 5.41) is 3.19. The van der Waals surface area contributed by atoms with E-state index in [0.717, 1.165) is 0 Å². The molecule has 1 atom stereocenters. The van der Waals surface area contributed by atoms with Gasteiger partial charge >= 0.3 is 42.6 Å². The zero-order valence-electron chi connectivity index (χ0n) is 15.0. The van der Waals surface area contributed by atoms with Gasteiger partial charge in [-0.05, 0) is 0 Å². The Bertz CT molecular complexity index is 581. The van der Waals surface area contributed by atoms with Crippen molar-refractivity contribution in [1.29, 1.82) is 0 Å². The first-order valence-electron chi connectivity index (χ1n) is 8.47. The fourth-order valence-corrected chi connectivity index (χ4v) is 6.79. The molecule has 0 N–H and O–H groups in total. The summed E-state index contributed by atoms with van der Waals surface area (Å²) in [7, 11) is 13.4. The maximum atomic E-state index is 4.97. The molecule has 2 aromatic carbocycles. The van der Waals surface area contributed by atoms with Gasteiger partial charge < -0.3 is 0 Å². The monoisotopic (exact) mass is 436 g/mol. The summed E-state index contributed by atoms with van der Waals surface area (Å²) in [4.78, 5) is 0. The minimum atomic E-state index is -1.92. The van der Waals surface area contributed by atoms with Crippen LogP contribution in [0.15, 0.2) is 48.5 Å². The van der Waals surface area contributed by atoms with Gasteiger partial charge in [0.15, 0.2) is 0 Å². The van der Waals surface area contributed by atoms with Gasteiger partial charge in [0.1, 0.15) is 0 Å². The van der Waals surface area contributed by atoms with E-state index in [-0.39, 0.29) is 0 Å². The molecule has 5 heteroatoms. The van der Waals surface area contributed by atoms with Crippen LogP contribution in [0.2, 0.25) is 12.6 Å². The molecule has 0 nitrogen and oxygen atoms in total. The molecule has 0 aromatic heterocycles. The van der Waals surface area contributed by atoms with Gasteiger partial charge in [-0.1, -0.05) is 87.6 Å². The van der Waals surface area contributed by atoms with Gasteiger partial charge in [0.25, 0.3) is 0 Å². The molecular formula is C19H27Cl3SiTi. The van der Waals surface area contributed by atoms with Crippen molar-refractivity contribution in [3.8, 4) is 0 Å². The number of rotatable bonds is 6. The van der Waals surface area contributed by atoms with E-state index in [1.165, 1.54) is 24.4 Å². The average Bonchev–Trinajstić information content (AvgIpc) is 3.04. The summed E-state index contributed by atoms with van der Waals surface area (Å²) in [5.74, 6) is 0.629. The van der Waals surface area contributed by atoms with Crippen LogP contribution >= 0.6 is 27.9 Å². The van der Waals surface area contributed by atoms with Crippen LogP contribution in [0.4, 0.5) is 0 Å². The van der Waals surface area contributed by atoms with Crippen molar-refractivity contribution in [2.75, 3.05) is 0 Å². The van der Waals surface area contributed by atoms with Crippen molar-refractivity contribution in [3.05, 3.63) is 54.1 Å². The summed E-state index contributed by atoms with van der Waals surface area (Å²) >= 11 is -1.92. The van der Waals surface area contributed by atoms with Crippen LogP contribution < -0.4 is 10.4 Å². The second-order valence-corrected chi connectivity index (χ2v) is 18.7. The van der Waals surface area contributed by atoms with Crippen molar-refractivity contribution in [2.45, 2.75) is 52.1 Å². The van der Waals surface area contributed by atoms with E-state index in [2.05, 4.69) is 75.8 Å². The SMILES string of the molecule is CCCC[Si](C)(c1ccccc1)[c-]1ccc(C(C)C)c1.[Cl][Ti+]([Cl])[Cl]. The normalized spacial score (nSPS) is 13.2. The molecule has 0 radical (unpaired) electrons. The molecule has 0 spiro atoms. The zero-order valence-corrected chi connectivity index (χ0v) is 19.8. The predicted molar refractivity (Wildman–Crippen MR) is 111 cm³/mol. The third-order valence-corrected chi connectivity index (χ3v) is 9.07. The summed E-state index contributed by atoms with van der Waals surface area (Å²) in [6.07, 6.45) is 2.62. The molecule has 0 aliphatic heterocycles. The summed E-state index contributed by atoms with van der Waals surface area (Å²) in [6, 6.07) is 19.7. The van der Waals surface area contributed by atoms with Crippen LogP contribution in [0.1, 0.15) is 45.1 Å². The number of unbranched alkanes of at least 4 members (excludes halogenated alkanes) is 1. The molecule has 0 amide bonds. The van der Waals surface area contributed by atoms with E-state index in [0.29, 0.717) is 5.92 Å². The Labute approximate surface area is 166 Å². The molecule has 0 fully saturated rings. The standard InChI is InChI=1S/C19H27Si.3ClH.Ti/c1-5-6-14-20(4,18-10-8-7-9-11-18)19-13-12-17(15-19)16(2)3;;;;/h7-13,15-16H,5-6,14H2,1-4H3;3*1H;/q-1;;;;+4/p-3. The Balaban J connectivity index is 0.000000648. The van der Waals surface area contributed by atoms with Gasteiger partial charge in [-0.15, -0.1) is 0 Å². The van der Waals surface area contributed by atoms with Gasteiger partial charge in [-0.25, -0.2) is 6.07 Å². The van der Waals surface area contributed by atoms with Crippen molar-refractivity contribution in [2.24, 2.45) is 0 Å². The molecular weight excluding hydrogens is 411 g/mol. The van der Waals surface area contributed by atoms with E-state index in [4.69, 9.17) is 27.9 Å². The second-order valence-electron chi connectivity index (χ2n) is 6.60. The Morgan fingerprint density at radius 3 is 2.12 bits per heavy atom. The maximum absolute atomic E-state index is 4.97. The summed E-state index contributed by atoms with van der Waals surface area (Å²) < 4.78 is 0. The molecule has 2 aromatic rings. The number of halogens is 3. The minimum absolute atomic E-state index is 0.629. The van der Waals surface area contributed by atoms with Crippen molar-refractivity contribution >= 4 is 46.4 Å². The Morgan fingerprint density at radius 2 is 1.67 bits per heavy atom. The molecule has 2 rings (SSSR count). The average molecular weight is 438 g/mol. The van der Waals surface area contributed by atoms with E-state index < -0.39 is 22.8 Å². The fourth-order valence-electron chi connectivity index (χ4n) is 2.96. The molecule has 0 aliphatic carbocycles. The molecule has 132 valence electrons. The first-order chi connectivity index (χ1) is 11.3. The Kier molecular flexibility index (Phi) is 10.4. The molecule has 24 heavy (non-hydrogen) atoms. The van der Waals surface area contributed by atoms with E-state index in [1.54, 1.807) is 10.4 Å². The topological polar surface area (TPSA) is 0 Å². The van der Waals surface area contributed by atoms with Gasteiger partial charge in [0.2, 0.25) is 0 Å². The molecule has 0 saturated heterocycles. The van der Waals surface area contributed by atoms with Crippen LogP contribution in [-0.2, 0) is 14.7 Å². The van der Waals surface area contributed by atoms with Gasteiger partial charge in [-0.2, -0.15) is 22.9 Å². The van der Waals surface area contributed by atoms with Crippen LogP contribution in [0.3, 0.4) is 0 Å². The van der Waals surface area contributed by atoms with Crippen LogP contribution in [-0.4, -0.2) is 8.07 Å². The molecule has 0 bridgehead atoms. The van der Waals surface area contributed by atoms with Gasteiger partial charge in [-0.3, -0.25) is 0 Å². The number of hydrogen-bond donors (Lipinski definition) is 0. The van der Waals surface area contributed by atoms with Crippen LogP contribution in [0.25, 0.3) is 0 Å². The van der Waals surface area contributed by atoms with Crippen LogP contribution in [0.5, 0.6) is 0 Å². The number of hydrogen-bond acceptors (Lipinski definition) is 0. The van der Waals surface area contributed by atoms with Crippen molar-refractivity contribution < 1.29 is 14.7 Å². The van der Waals surface area contributed by atoms with Crippen LogP contribution in [0, 0.1) is 0 Å². The second kappa shape index (κ2) is 11.2. The third kappa shape index (κ3) is 6.94. The Morgan fingerprint density at radius 1 is 1.08 bits per heavy atom. The molecule has 0 saturated carbocycles. The molecule has 0 aliphatic rings. The van der Waals surface area contributed by atoms with Gasteiger partial charge in [0.05, 0.1) is 8.07 Å². The van der Waals surface area contributed by atoms with Crippen molar-refractivity contribution in [1.82, 2.24) is 0 Å². The van der Waals surface area contributed by atoms with E-state index >= 15 is 0 Å². The Hall–Kier alpha value is 0.371. The van der Waals surface area contributed by atoms with E-state index in [9.17, 15) is 0 Å². The molecule has 1 unspecified atom stereocenters. The van der Waals surface area contributed by atoms with Crippen molar-refractivity contribution in [3.63, 3.8) is 0 Å². The fraction of sp³-hybridized carbons (Fsp3) is 0.421. The van der Waals surface area contributed by atoms with E-state index in [1.807, 2.05) is 0 Å². The third-order valence-electron chi connectivity index (χ3n) is 4.52. The number of benzene rings is 1. The molecule has 0 heterocycles. The quantitative estimate of drug-likeness (QED) is 0.353. The summed E-state index contributed by atoms with van der Waals surface area (Å²) in [6.45, 7) is 9.40. The zero-order chi connectivity index (χ0) is 18.2. The summed E-state index contributed by atoms with van der Waals surface area (Å²) in [5.41, 5.74) is 1.49. The first kappa shape index (κ1) is 22.4. The van der Waals surface area contributed by atoms with Gasteiger partial charge in [0, 0.05) is 0 Å². The first-order valence-corrected chi connectivity index (χ1v) is 17.6.